The summed E-state index contributed by atoms with van der Waals surface area (Å²) in [6.45, 7) is 4.33. The highest BCUT2D eigenvalue weighted by molar-refractivity contribution is 6.04. The van der Waals surface area contributed by atoms with E-state index < -0.39 is 5.91 Å². The molecule has 0 aliphatic carbocycles. The lowest BCUT2D eigenvalue weighted by Crippen LogP contribution is -2.61. The number of aromatic nitrogens is 2. The van der Waals surface area contributed by atoms with Crippen LogP contribution >= 0.6 is 0 Å². The van der Waals surface area contributed by atoms with Crippen molar-refractivity contribution in [1.29, 1.82) is 0 Å². The zero-order chi connectivity index (χ0) is 23.1. The highest BCUT2D eigenvalue weighted by Crippen LogP contribution is 2.31. The van der Waals surface area contributed by atoms with Gasteiger partial charge in [0, 0.05) is 49.8 Å². The van der Waals surface area contributed by atoms with Crippen molar-refractivity contribution in [1.82, 2.24) is 19.6 Å². The van der Waals surface area contributed by atoms with Crippen LogP contribution in [0, 0.1) is 0 Å². The van der Waals surface area contributed by atoms with Crippen molar-refractivity contribution in [2.45, 2.75) is 38.0 Å². The van der Waals surface area contributed by atoms with Gasteiger partial charge in [0.15, 0.2) is 0 Å². The van der Waals surface area contributed by atoms with Crippen molar-refractivity contribution in [3.63, 3.8) is 0 Å². The third-order valence-electron chi connectivity index (χ3n) is 7.37. The standard InChI is InChI=1S/C28H29N5O/c29-28(34)26-8-4-7-22-17-33(30-27(22)26)23-11-9-21(10-12-23)16-32-19-24-13-14-25(32)18-31(24)15-20-5-2-1-3-6-20/h1-12,17,24-25H,13-16,18-19H2,(H2,29,34). The van der Waals surface area contributed by atoms with E-state index in [1.165, 1.54) is 24.0 Å². The Balaban J connectivity index is 1.14. The Hall–Kier alpha value is -3.48. The SMILES string of the molecule is NC(=O)c1cccc2cn(-c3ccc(CN4CC5CCC4CN5Cc4ccccc4)cc3)nc12. The average Bonchev–Trinajstić information content (AvgIpc) is 3.30. The fourth-order valence-corrected chi connectivity index (χ4v) is 5.57. The number of benzene rings is 3. The van der Waals surface area contributed by atoms with Crippen LogP contribution in [0.1, 0.15) is 34.3 Å². The lowest BCUT2D eigenvalue weighted by Gasteiger charge is -2.51. The van der Waals surface area contributed by atoms with Gasteiger partial charge in [0.05, 0.1) is 11.3 Å². The Bertz CT molecular complexity index is 1310. The van der Waals surface area contributed by atoms with E-state index >= 15 is 0 Å². The summed E-state index contributed by atoms with van der Waals surface area (Å²) in [4.78, 5) is 17.1. The van der Waals surface area contributed by atoms with E-state index in [2.05, 4.69) is 69.5 Å². The number of primary amides is 1. The number of hydrogen-bond acceptors (Lipinski definition) is 4. The van der Waals surface area contributed by atoms with Crippen LogP contribution in [0.5, 0.6) is 0 Å². The fraction of sp³-hybridized carbons (Fsp3) is 0.286. The minimum Gasteiger partial charge on any atom is -0.366 e. The molecule has 0 spiro atoms. The van der Waals surface area contributed by atoms with Gasteiger partial charge in [-0.3, -0.25) is 14.6 Å². The maximum atomic E-state index is 11.7. The van der Waals surface area contributed by atoms with Crippen LogP contribution in [-0.2, 0) is 13.1 Å². The van der Waals surface area contributed by atoms with Gasteiger partial charge < -0.3 is 5.73 Å². The molecule has 3 aliphatic heterocycles. The highest BCUT2D eigenvalue weighted by atomic mass is 16.1. The van der Waals surface area contributed by atoms with Crippen molar-refractivity contribution in [2.75, 3.05) is 13.1 Å². The topological polar surface area (TPSA) is 67.4 Å². The van der Waals surface area contributed by atoms with Gasteiger partial charge in [0.25, 0.3) is 5.91 Å². The van der Waals surface area contributed by atoms with Gasteiger partial charge in [-0.2, -0.15) is 5.10 Å². The average molecular weight is 452 g/mol. The van der Waals surface area contributed by atoms with Crippen LogP contribution in [0.25, 0.3) is 16.6 Å². The predicted molar refractivity (Wildman–Crippen MR) is 134 cm³/mol. The summed E-state index contributed by atoms with van der Waals surface area (Å²) in [6, 6.07) is 26.2. The number of carbonyl (C=O) groups excluding carboxylic acids is 1. The molecule has 4 aromatic rings. The number of amides is 1. The molecule has 2 atom stereocenters. The minimum atomic E-state index is -0.454. The fourth-order valence-electron chi connectivity index (χ4n) is 5.57. The lowest BCUT2D eigenvalue weighted by atomic mass is 9.90. The zero-order valence-corrected chi connectivity index (χ0v) is 19.2. The second-order valence-corrected chi connectivity index (χ2v) is 9.58. The van der Waals surface area contributed by atoms with Gasteiger partial charge in [-0.05, 0) is 42.2 Å². The van der Waals surface area contributed by atoms with E-state index in [0.29, 0.717) is 23.2 Å². The van der Waals surface area contributed by atoms with Gasteiger partial charge in [-0.1, -0.05) is 54.6 Å². The van der Waals surface area contributed by atoms with Crippen LogP contribution in [-0.4, -0.2) is 50.7 Å². The monoisotopic (exact) mass is 451 g/mol. The summed E-state index contributed by atoms with van der Waals surface area (Å²) < 4.78 is 1.82. The first-order valence-corrected chi connectivity index (χ1v) is 12.0. The molecule has 1 aromatic heterocycles. The van der Waals surface area contributed by atoms with E-state index in [-0.39, 0.29) is 0 Å². The number of carbonyl (C=O) groups is 1. The Labute approximate surface area is 199 Å². The Morgan fingerprint density at radius 2 is 1.47 bits per heavy atom. The molecule has 3 aromatic carbocycles. The molecule has 3 fully saturated rings. The Kier molecular flexibility index (Phi) is 5.40. The molecule has 2 N–H and O–H groups in total. The van der Waals surface area contributed by atoms with Crippen molar-refractivity contribution in [2.24, 2.45) is 5.73 Å². The summed E-state index contributed by atoms with van der Waals surface area (Å²) in [5.41, 5.74) is 10.3. The molecule has 7 rings (SSSR count). The molecular weight excluding hydrogens is 422 g/mol. The first-order valence-electron chi connectivity index (χ1n) is 12.0. The second-order valence-electron chi connectivity index (χ2n) is 9.58. The van der Waals surface area contributed by atoms with Crippen LogP contribution in [0.15, 0.2) is 79.0 Å². The molecule has 0 radical (unpaired) electrons. The lowest BCUT2D eigenvalue weighted by molar-refractivity contribution is -0.0293. The summed E-state index contributed by atoms with van der Waals surface area (Å²) in [5, 5.41) is 5.53. The first-order chi connectivity index (χ1) is 16.6. The van der Waals surface area contributed by atoms with Crippen LogP contribution in [0.4, 0.5) is 0 Å². The number of nitrogens with two attached hydrogens (primary N) is 1. The molecule has 6 heteroatoms. The number of rotatable bonds is 6. The van der Waals surface area contributed by atoms with Crippen LogP contribution < -0.4 is 5.73 Å². The summed E-state index contributed by atoms with van der Waals surface area (Å²) in [5.74, 6) is -0.454. The molecule has 172 valence electrons. The zero-order valence-electron chi connectivity index (χ0n) is 19.2. The molecular formula is C28H29N5O. The molecule has 4 heterocycles. The first kappa shape index (κ1) is 21.1. The highest BCUT2D eigenvalue weighted by Gasteiger charge is 2.38. The molecule has 1 amide bonds. The maximum Gasteiger partial charge on any atom is 0.250 e. The summed E-state index contributed by atoms with van der Waals surface area (Å²) in [6.07, 6.45) is 4.53. The molecule has 34 heavy (non-hydrogen) atoms. The van der Waals surface area contributed by atoms with Crippen molar-refractivity contribution < 1.29 is 4.79 Å². The molecule has 6 nitrogen and oxygen atoms in total. The Morgan fingerprint density at radius 3 is 2.09 bits per heavy atom. The van der Waals surface area contributed by atoms with Gasteiger partial charge in [0.1, 0.15) is 5.52 Å². The van der Waals surface area contributed by atoms with Gasteiger partial charge in [-0.25, -0.2) is 4.68 Å². The number of piperidine rings is 2. The number of piperazine rings is 1. The van der Waals surface area contributed by atoms with Crippen molar-refractivity contribution in [3.05, 3.63) is 95.7 Å². The normalized spacial score (nSPS) is 20.7. The van der Waals surface area contributed by atoms with E-state index in [0.717, 1.165) is 37.3 Å². The molecule has 3 saturated heterocycles. The number of nitrogens with zero attached hydrogens (tertiary/aromatic N) is 4. The molecule has 2 bridgehead atoms. The molecule has 2 unspecified atom stereocenters. The predicted octanol–water partition coefficient (Wildman–Crippen LogP) is 3.97. The van der Waals surface area contributed by atoms with E-state index in [9.17, 15) is 4.79 Å². The smallest absolute Gasteiger partial charge is 0.250 e. The largest absolute Gasteiger partial charge is 0.366 e. The van der Waals surface area contributed by atoms with Gasteiger partial charge >= 0.3 is 0 Å². The van der Waals surface area contributed by atoms with E-state index in [4.69, 9.17) is 5.73 Å². The number of fused-ring (bicyclic) bond motifs is 4. The van der Waals surface area contributed by atoms with Gasteiger partial charge in [-0.15, -0.1) is 0 Å². The minimum absolute atomic E-state index is 0.453. The summed E-state index contributed by atoms with van der Waals surface area (Å²) >= 11 is 0. The quantitative estimate of drug-likeness (QED) is 0.482. The van der Waals surface area contributed by atoms with Crippen LogP contribution in [0.3, 0.4) is 0 Å². The third kappa shape index (κ3) is 4.00. The summed E-state index contributed by atoms with van der Waals surface area (Å²) in [7, 11) is 0. The molecule has 0 saturated carbocycles. The number of hydrogen-bond donors (Lipinski definition) is 1. The van der Waals surface area contributed by atoms with E-state index in [1.54, 1.807) is 6.07 Å². The second kappa shape index (κ2) is 8.70. The van der Waals surface area contributed by atoms with Crippen LogP contribution in [0.2, 0.25) is 0 Å². The third-order valence-corrected chi connectivity index (χ3v) is 7.37. The molecule has 3 aliphatic rings. The maximum absolute atomic E-state index is 11.7. The van der Waals surface area contributed by atoms with E-state index in [1.807, 2.05) is 23.0 Å². The van der Waals surface area contributed by atoms with Gasteiger partial charge in [0.2, 0.25) is 0 Å². The van der Waals surface area contributed by atoms with Crippen molar-refractivity contribution in [3.8, 4) is 5.69 Å². The Morgan fingerprint density at radius 1 is 0.824 bits per heavy atom. The van der Waals surface area contributed by atoms with Crippen molar-refractivity contribution >= 4 is 16.8 Å².